The van der Waals surface area contributed by atoms with E-state index in [0.717, 1.165) is 24.0 Å². The van der Waals surface area contributed by atoms with Crippen molar-refractivity contribution in [2.24, 2.45) is 0 Å². The molecular weight excluding hydrogens is 499 g/mol. The van der Waals surface area contributed by atoms with Crippen molar-refractivity contribution in [2.75, 3.05) is 31.6 Å². The lowest BCUT2D eigenvalue weighted by atomic mass is 9.98. The van der Waals surface area contributed by atoms with Gasteiger partial charge in [0.25, 0.3) is 5.56 Å². The molecule has 0 aliphatic heterocycles. The number of nitrogens with one attached hydrogen (secondary N) is 3. The van der Waals surface area contributed by atoms with Crippen LogP contribution >= 0.6 is 0 Å². The van der Waals surface area contributed by atoms with Gasteiger partial charge in [0.1, 0.15) is 12.4 Å². The first-order valence-corrected chi connectivity index (χ1v) is 12.9. The third kappa shape index (κ3) is 5.80. The minimum absolute atomic E-state index is 0.247. The highest BCUT2D eigenvalue weighted by Gasteiger charge is 2.13. The standard InChI is InChI=1S/C29H29FN6O3/c1-3-36(4-2)13-14-39-29(38)33-28-31-24-12-10-19(17-26(24)32-28)22-15-18(9-11-23(22)30)16-25-20-7-5-6-8-21(20)27(37)35-34-25/h5-12,15,17H,3-4,13-14,16H2,1-2H3,(H,35,37)(H2,31,32,33,38). The molecule has 2 heterocycles. The minimum Gasteiger partial charge on any atom is -0.448 e. The molecule has 5 aromatic rings. The van der Waals surface area contributed by atoms with Crippen molar-refractivity contribution in [3.05, 3.63) is 88.1 Å². The number of nitrogens with zero attached hydrogens (tertiary/aromatic N) is 3. The molecule has 0 aliphatic rings. The summed E-state index contributed by atoms with van der Waals surface area (Å²) in [6, 6.07) is 17.5. The van der Waals surface area contributed by atoms with E-state index in [2.05, 4.69) is 44.2 Å². The van der Waals surface area contributed by atoms with Gasteiger partial charge in [-0.15, -0.1) is 0 Å². The third-order valence-electron chi connectivity index (χ3n) is 6.73. The third-order valence-corrected chi connectivity index (χ3v) is 6.73. The average molecular weight is 529 g/mol. The predicted octanol–water partition coefficient (Wildman–Crippen LogP) is 5.09. The Bertz CT molecular complexity index is 1690. The summed E-state index contributed by atoms with van der Waals surface area (Å²) >= 11 is 0. The van der Waals surface area contributed by atoms with Crippen LogP contribution in [0.15, 0.2) is 65.5 Å². The number of rotatable bonds is 9. The molecule has 2 aromatic heterocycles. The van der Waals surface area contributed by atoms with Crippen molar-refractivity contribution in [2.45, 2.75) is 20.3 Å². The highest BCUT2D eigenvalue weighted by Crippen LogP contribution is 2.28. The lowest BCUT2D eigenvalue weighted by molar-refractivity contribution is 0.142. The maximum Gasteiger partial charge on any atom is 0.414 e. The van der Waals surface area contributed by atoms with Gasteiger partial charge in [-0.2, -0.15) is 5.10 Å². The lowest BCUT2D eigenvalue weighted by Gasteiger charge is -2.17. The second-order valence-corrected chi connectivity index (χ2v) is 9.14. The molecule has 39 heavy (non-hydrogen) atoms. The van der Waals surface area contributed by atoms with Crippen molar-refractivity contribution in [3.8, 4) is 11.1 Å². The first-order chi connectivity index (χ1) is 18.9. The highest BCUT2D eigenvalue weighted by atomic mass is 19.1. The van der Waals surface area contributed by atoms with Crippen molar-refractivity contribution in [1.82, 2.24) is 25.1 Å². The molecule has 3 aromatic carbocycles. The van der Waals surface area contributed by atoms with Gasteiger partial charge in [-0.1, -0.05) is 44.2 Å². The minimum atomic E-state index is -0.594. The largest absolute Gasteiger partial charge is 0.448 e. The highest BCUT2D eigenvalue weighted by molar-refractivity contribution is 5.88. The number of carbonyl (C=O) groups excluding carboxylic acids is 1. The van der Waals surface area contributed by atoms with Crippen LogP contribution in [0.5, 0.6) is 0 Å². The van der Waals surface area contributed by atoms with E-state index < -0.39 is 6.09 Å². The van der Waals surface area contributed by atoms with Gasteiger partial charge in [-0.25, -0.2) is 19.3 Å². The Hall–Kier alpha value is -4.57. The summed E-state index contributed by atoms with van der Waals surface area (Å²) < 4.78 is 20.2. The van der Waals surface area contributed by atoms with Gasteiger partial charge in [-0.3, -0.25) is 10.1 Å². The zero-order valence-corrected chi connectivity index (χ0v) is 21.8. The number of carbonyl (C=O) groups is 1. The van der Waals surface area contributed by atoms with E-state index in [1.54, 1.807) is 42.5 Å². The first-order valence-electron chi connectivity index (χ1n) is 12.9. The normalized spacial score (nSPS) is 11.4. The molecule has 10 heteroatoms. The molecule has 3 N–H and O–H groups in total. The van der Waals surface area contributed by atoms with Gasteiger partial charge < -0.3 is 14.6 Å². The van der Waals surface area contributed by atoms with Crippen LogP contribution in [-0.4, -0.2) is 57.4 Å². The molecule has 0 unspecified atom stereocenters. The van der Waals surface area contributed by atoms with E-state index in [1.165, 1.54) is 6.07 Å². The molecule has 1 amide bonds. The average Bonchev–Trinajstić information content (AvgIpc) is 3.35. The van der Waals surface area contributed by atoms with Crippen LogP contribution in [0.25, 0.3) is 32.9 Å². The van der Waals surface area contributed by atoms with E-state index in [4.69, 9.17) is 4.74 Å². The number of imidazole rings is 1. The van der Waals surface area contributed by atoms with Crippen LogP contribution in [0.4, 0.5) is 15.1 Å². The number of likely N-dealkylation sites (N-methyl/N-ethyl adjacent to an activating group) is 1. The van der Waals surface area contributed by atoms with Gasteiger partial charge in [0.15, 0.2) is 0 Å². The Balaban J connectivity index is 1.34. The fourth-order valence-electron chi connectivity index (χ4n) is 4.58. The maximum absolute atomic E-state index is 14.9. The topological polar surface area (TPSA) is 116 Å². The van der Waals surface area contributed by atoms with Crippen molar-refractivity contribution >= 4 is 33.8 Å². The number of fused-ring (bicyclic) bond motifs is 2. The number of hydrogen-bond donors (Lipinski definition) is 3. The summed E-state index contributed by atoms with van der Waals surface area (Å²) in [5, 5.41) is 10.7. The molecule has 0 saturated heterocycles. The summed E-state index contributed by atoms with van der Waals surface area (Å²) in [4.78, 5) is 33.9. The number of ether oxygens (including phenoxy) is 1. The van der Waals surface area contributed by atoms with Gasteiger partial charge >= 0.3 is 6.09 Å². The molecule has 0 fully saturated rings. The smallest absolute Gasteiger partial charge is 0.414 e. The summed E-state index contributed by atoms with van der Waals surface area (Å²) in [6.07, 6.45) is -0.178. The van der Waals surface area contributed by atoms with E-state index >= 15 is 0 Å². The van der Waals surface area contributed by atoms with Crippen LogP contribution in [0.1, 0.15) is 25.1 Å². The fraction of sp³-hybridized carbons (Fsp3) is 0.241. The number of halogens is 1. The van der Waals surface area contributed by atoms with Crippen LogP contribution in [0.2, 0.25) is 0 Å². The summed E-state index contributed by atoms with van der Waals surface area (Å²) in [7, 11) is 0. The molecule has 0 radical (unpaired) electrons. The number of aromatic nitrogens is 4. The molecular formula is C29H29FN6O3. The second-order valence-electron chi connectivity index (χ2n) is 9.14. The van der Waals surface area contributed by atoms with Crippen LogP contribution in [0, 0.1) is 5.82 Å². The number of amides is 1. The second kappa shape index (κ2) is 11.4. The Morgan fingerprint density at radius 2 is 1.85 bits per heavy atom. The number of aromatic amines is 2. The van der Waals surface area contributed by atoms with E-state index in [1.807, 2.05) is 12.1 Å². The number of anilines is 1. The van der Waals surface area contributed by atoms with Gasteiger partial charge in [0.2, 0.25) is 5.95 Å². The molecule has 200 valence electrons. The Morgan fingerprint density at radius 3 is 2.64 bits per heavy atom. The first kappa shape index (κ1) is 26.1. The van der Waals surface area contributed by atoms with Crippen LogP contribution < -0.4 is 10.9 Å². The SMILES string of the molecule is CCN(CC)CCOC(=O)Nc1nc2cc(-c3cc(Cc4n[nH]c(=O)c5ccccc45)ccc3F)ccc2[nH]1. The van der Waals surface area contributed by atoms with Gasteiger partial charge in [0.05, 0.1) is 22.1 Å². The summed E-state index contributed by atoms with van der Waals surface area (Å²) in [5.74, 6) is -0.122. The molecule has 5 rings (SSSR count). The van der Waals surface area contributed by atoms with Crippen molar-refractivity contribution in [1.29, 1.82) is 0 Å². The molecule has 0 aliphatic carbocycles. The maximum atomic E-state index is 14.9. The van der Waals surface area contributed by atoms with E-state index in [0.29, 0.717) is 46.2 Å². The molecule has 0 spiro atoms. The molecule has 0 bridgehead atoms. The summed E-state index contributed by atoms with van der Waals surface area (Å²) in [6.45, 7) is 6.82. The predicted molar refractivity (Wildman–Crippen MR) is 149 cm³/mol. The van der Waals surface area contributed by atoms with Crippen molar-refractivity contribution < 1.29 is 13.9 Å². The molecule has 9 nitrogen and oxygen atoms in total. The number of H-pyrrole nitrogens is 2. The Kier molecular flexibility index (Phi) is 7.64. The Morgan fingerprint density at radius 1 is 1.05 bits per heavy atom. The van der Waals surface area contributed by atoms with Crippen LogP contribution in [0.3, 0.4) is 0 Å². The van der Waals surface area contributed by atoms with Gasteiger partial charge in [-0.05, 0) is 54.5 Å². The zero-order chi connectivity index (χ0) is 27.4. The van der Waals surface area contributed by atoms with Gasteiger partial charge in [0, 0.05) is 23.9 Å². The van der Waals surface area contributed by atoms with E-state index in [9.17, 15) is 14.0 Å². The molecule has 0 saturated carbocycles. The number of hydrogen-bond acceptors (Lipinski definition) is 6. The van der Waals surface area contributed by atoms with Crippen LogP contribution in [-0.2, 0) is 11.2 Å². The monoisotopic (exact) mass is 528 g/mol. The number of benzene rings is 3. The Labute approximate surface area is 224 Å². The summed E-state index contributed by atoms with van der Waals surface area (Å²) in [5.41, 5.74) is 3.61. The van der Waals surface area contributed by atoms with Crippen molar-refractivity contribution in [3.63, 3.8) is 0 Å². The quantitative estimate of drug-likeness (QED) is 0.246. The zero-order valence-electron chi connectivity index (χ0n) is 21.8. The lowest BCUT2D eigenvalue weighted by Crippen LogP contribution is -2.28. The van der Waals surface area contributed by atoms with E-state index in [-0.39, 0.29) is 23.9 Å². The fourth-order valence-corrected chi connectivity index (χ4v) is 4.58. The molecule has 0 atom stereocenters.